The van der Waals surface area contributed by atoms with E-state index < -0.39 is 44.4 Å². The van der Waals surface area contributed by atoms with Crippen LogP contribution in [0.4, 0.5) is 4.39 Å². The molecule has 1 aromatic heterocycles. The van der Waals surface area contributed by atoms with Crippen LogP contribution in [0.2, 0.25) is 0 Å². The van der Waals surface area contributed by atoms with Gasteiger partial charge in [-0.2, -0.15) is 8.61 Å². The third-order valence-corrected chi connectivity index (χ3v) is 9.23. The van der Waals surface area contributed by atoms with E-state index in [4.69, 9.17) is 5.21 Å². The molecular weight excluding hydrogens is 445 g/mol. The van der Waals surface area contributed by atoms with Gasteiger partial charge in [-0.15, -0.1) is 11.3 Å². The molecule has 0 aliphatic carbocycles. The molecule has 13 heteroatoms. The lowest BCUT2D eigenvalue weighted by Crippen LogP contribution is -2.60. The molecule has 29 heavy (non-hydrogen) atoms. The second-order valence-corrected chi connectivity index (χ2v) is 11.5. The zero-order valence-corrected chi connectivity index (χ0v) is 17.6. The fraction of sp³-hybridized carbons (Fsp3) is 0.312. The van der Waals surface area contributed by atoms with E-state index in [9.17, 15) is 26.0 Å². The van der Waals surface area contributed by atoms with Gasteiger partial charge in [0.05, 0.1) is 6.26 Å². The van der Waals surface area contributed by atoms with Gasteiger partial charge in [0.1, 0.15) is 16.1 Å². The van der Waals surface area contributed by atoms with Crippen molar-refractivity contribution in [3.63, 3.8) is 0 Å². The fourth-order valence-electron chi connectivity index (χ4n) is 2.96. The molecule has 0 radical (unpaired) electrons. The van der Waals surface area contributed by atoms with E-state index in [2.05, 4.69) is 0 Å². The van der Waals surface area contributed by atoms with E-state index in [0.29, 0.717) is 10.4 Å². The highest BCUT2D eigenvalue weighted by molar-refractivity contribution is 7.91. The first-order valence-corrected chi connectivity index (χ1v) is 12.4. The molecular formula is C16H18FN3O6S3. The van der Waals surface area contributed by atoms with Crippen molar-refractivity contribution in [3.05, 3.63) is 42.2 Å². The van der Waals surface area contributed by atoms with Crippen LogP contribution in [0.3, 0.4) is 0 Å². The van der Waals surface area contributed by atoms with Gasteiger partial charge in [0.25, 0.3) is 15.9 Å². The number of nitrogens with zero attached hydrogens (tertiary/aromatic N) is 2. The minimum Gasteiger partial charge on any atom is -0.289 e. The Labute approximate surface area is 171 Å². The predicted molar refractivity (Wildman–Crippen MR) is 104 cm³/mol. The summed E-state index contributed by atoms with van der Waals surface area (Å²) in [5, 5.41) is 8.99. The van der Waals surface area contributed by atoms with Crippen LogP contribution in [-0.2, 0) is 24.8 Å². The number of nitrogens with one attached hydrogen (secondary N) is 1. The Morgan fingerprint density at radius 1 is 1.14 bits per heavy atom. The SMILES string of the molecule is CS(=O)(=O)N1CCN(S(=O)(=O)c2ccc(-c3ccc(F)cc3)s2)[C@H](C(=O)NO)C1. The highest BCUT2D eigenvalue weighted by atomic mass is 32.2. The Morgan fingerprint density at radius 2 is 1.79 bits per heavy atom. The highest BCUT2D eigenvalue weighted by Crippen LogP contribution is 2.33. The Kier molecular flexibility index (Phi) is 6.08. The normalized spacial score (nSPS) is 19.2. The lowest BCUT2D eigenvalue weighted by atomic mass is 10.2. The minimum absolute atomic E-state index is 0.0552. The second-order valence-electron chi connectivity index (χ2n) is 6.35. The summed E-state index contributed by atoms with van der Waals surface area (Å²) in [5.74, 6) is -1.45. The van der Waals surface area contributed by atoms with E-state index in [1.807, 2.05) is 0 Å². The highest BCUT2D eigenvalue weighted by Gasteiger charge is 2.42. The number of hydrogen-bond acceptors (Lipinski definition) is 7. The molecule has 1 fully saturated rings. The fourth-order valence-corrected chi connectivity index (χ4v) is 6.80. The van der Waals surface area contributed by atoms with Crippen LogP contribution >= 0.6 is 11.3 Å². The number of halogens is 1. The van der Waals surface area contributed by atoms with Gasteiger partial charge >= 0.3 is 0 Å². The summed E-state index contributed by atoms with van der Waals surface area (Å²) in [6, 6.07) is 7.07. The van der Waals surface area contributed by atoms with Crippen molar-refractivity contribution in [1.29, 1.82) is 0 Å². The van der Waals surface area contributed by atoms with Gasteiger partial charge in [-0.1, -0.05) is 12.1 Å². The molecule has 0 unspecified atom stereocenters. The zero-order chi connectivity index (χ0) is 21.4. The summed E-state index contributed by atoms with van der Waals surface area (Å²) in [5.41, 5.74) is 2.03. The summed E-state index contributed by atoms with van der Waals surface area (Å²) >= 11 is 0.942. The second kappa shape index (κ2) is 8.08. The van der Waals surface area contributed by atoms with E-state index in [1.54, 1.807) is 6.07 Å². The number of thiophene rings is 1. The van der Waals surface area contributed by atoms with Crippen molar-refractivity contribution >= 4 is 37.3 Å². The van der Waals surface area contributed by atoms with Gasteiger partial charge in [0.15, 0.2) is 0 Å². The Hall–Kier alpha value is -1.90. The maximum Gasteiger partial charge on any atom is 0.263 e. The maximum atomic E-state index is 13.1. The molecule has 0 saturated carbocycles. The van der Waals surface area contributed by atoms with Crippen molar-refractivity contribution in [2.75, 3.05) is 25.9 Å². The monoisotopic (exact) mass is 463 g/mol. The summed E-state index contributed by atoms with van der Waals surface area (Å²) in [7, 11) is -7.79. The average molecular weight is 464 g/mol. The number of piperazine rings is 1. The first-order chi connectivity index (χ1) is 13.5. The maximum absolute atomic E-state index is 13.1. The molecule has 1 aliphatic heterocycles. The average Bonchev–Trinajstić information content (AvgIpc) is 3.18. The van der Waals surface area contributed by atoms with E-state index in [1.165, 1.54) is 35.8 Å². The molecule has 158 valence electrons. The lowest BCUT2D eigenvalue weighted by molar-refractivity contribution is -0.134. The van der Waals surface area contributed by atoms with Gasteiger partial charge in [-0.3, -0.25) is 10.0 Å². The largest absolute Gasteiger partial charge is 0.289 e. The van der Waals surface area contributed by atoms with Crippen LogP contribution in [0, 0.1) is 5.82 Å². The molecule has 1 atom stereocenters. The molecule has 2 N–H and O–H groups in total. The van der Waals surface area contributed by atoms with Crippen molar-refractivity contribution < 1.29 is 31.2 Å². The summed E-state index contributed by atoms with van der Waals surface area (Å²) in [6.07, 6.45) is 0.958. The zero-order valence-electron chi connectivity index (χ0n) is 15.1. The van der Waals surface area contributed by atoms with Crippen LogP contribution < -0.4 is 5.48 Å². The Balaban J connectivity index is 1.93. The molecule has 2 heterocycles. The van der Waals surface area contributed by atoms with Crippen LogP contribution in [0.5, 0.6) is 0 Å². The van der Waals surface area contributed by atoms with Crippen LogP contribution in [0.25, 0.3) is 10.4 Å². The van der Waals surface area contributed by atoms with Crippen molar-refractivity contribution in [3.8, 4) is 10.4 Å². The summed E-state index contributed by atoms with van der Waals surface area (Å²) in [4.78, 5) is 12.7. The number of hydroxylamine groups is 1. The standard InChI is InChI=1S/C16H18FN3O6S3/c1-28(23,24)19-8-9-20(13(10-19)16(21)18-22)29(25,26)15-7-6-14(27-15)11-2-4-12(17)5-3-11/h2-7,13,22H,8-10H2,1H3,(H,18,21)/t13-/m0/s1. The number of benzene rings is 1. The molecule has 0 spiro atoms. The molecule has 3 rings (SSSR count). The number of hydrogen-bond donors (Lipinski definition) is 2. The predicted octanol–water partition coefficient (Wildman–Crippen LogP) is 0.694. The van der Waals surface area contributed by atoms with Gasteiger partial charge < -0.3 is 0 Å². The van der Waals surface area contributed by atoms with Crippen LogP contribution in [0.1, 0.15) is 0 Å². The molecule has 2 aromatic rings. The molecule has 1 saturated heterocycles. The Morgan fingerprint density at radius 3 is 2.38 bits per heavy atom. The summed E-state index contributed by atoms with van der Waals surface area (Å²) < 4.78 is 64.7. The number of carbonyl (C=O) groups is 1. The number of sulfonamides is 2. The third-order valence-electron chi connectivity index (χ3n) is 4.45. The molecule has 9 nitrogen and oxygen atoms in total. The van der Waals surface area contributed by atoms with Gasteiger partial charge in [0, 0.05) is 24.5 Å². The smallest absolute Gasteiger partial charge is 0.263 e. The minimum atomic E-state index is -4.15. The molecule has 1 aliphatic rings. The van der Waals surface area contributed by atoms with Crippen LogP contribution in [0.15, 0.2) is 40.6 Å². The van der Waals surface area contributed by atoms with Crippen LogP contribution in [-0.4, -0.2) is 68.5 Å². The number of carbonyl (C=O) groups excluding carboxylic acids is 1. The van der Waals surface area contributed by atoms with Gasteiger partial charge in [0.2, 0.25) is 10.0 Å². The number of rotatable bonds is 5. The van der Waals surface area contributed by atoms with Crippen molar-refractivity contribution in [1.82, 2.24) is 14.1 Å². The molecule has 0 bridgehead atoms. The van der Waals surface area contributed by atoms with E-state index >= 15 is 0 Å². The summed E-state index contributed by atoms with van der Waals surface area (Å²) in [6.45, 7) is -0.790. The molecule has 1 aromatic carbocycles. The van der Waals surface area contributed by atoms with Gasteiger partial charge in [-0.05, 0) is 29.8 Å². The first-order valence-electron chi connectivity index (χ1n) is 8.31. The van der Waals surface area contributed by atoms with Crippen molar-refractivity contribution in [2.24, 2.45) is 0 Å². The third kappa shape index (κ3) is 4.49. The lowest BCUT2D eigenvalue weighted by Gasteiger charge is -2.37. The topological polar surface area (TPSA) is 124 Å². The number of amides is 1. The van der Waals surface area contributed by atoms with E-state index in [0.717, 1.165) is 26.2 Å². The van der Waals surface area contributed by atoms with Crippen molar-refractivity contribution in [2.45, 2.75) is 10.3 Å². The van der Waals surface area contributed by atoms with Gasteiger partial charge in [-0.25, -0.2) is 26.7 Å². The quantitative estimate of drug-likeness (QED) is 0.497. The molecule has 1 amide bonds. The van der Waals surface area contributed by atoms with E-state index in [-0.39, 0.29) is 17.3 Å². The Bertz CT molecular complexity index is 1120. The first kappa shape index (κ1) is 21.8.